The molecule has 0 saturated carbocycles. The summed E-state index contributed by atoms with van der Waals surface area (Å²) in [4.78, 5) is 13.3. The maximum absolute atomic E-state index is 11.7. The zero-order valence-corrected chi connectivity index (χ0v) is 9.87. The van der Waals surface area contributed by atoms with Gasteiger partial charge in [-0.25, -0.2) is 0 Å². The summed E-state index contributed by atoms with van der Waals surface area (Å²) in [5, 5.41) is 9.02. The predicted octanol–water partition coefficient (Wildman–Crippen LogP) is 2.25. The van der Waals surface area contributed by atoms with E-state index in [0.29, 0.717) is 18.0 Å². The Morgan fingerprint density at radius 1 is 1.50 bits per heavy atom. The van der Waals surface area contributed by atoms with Crippen LogP contribution in [-0.2, 0) is 11.2 Å². The Labute approximate surface area is 100 Å². The van der Waals surface area contributed by atoms with Gasteiger partial charge in [0, 0.05) is 18.6 Å². The number of amides is 1. The number of benzene rings is 1. The molecule has 0 aromatic heterocycles. The summed E-state index contributed by atoms with van der Waals surface area (Å²) in [6, 6.07) is 9.28. The standard InChI is InChI=1S/C12H13ClN2O/c1-15(8-4-7-14)12(16)9-10-5-2-3-6-11(10)13/h2-3,5-6H,4,8-9H2,1H3. The second-order valence-corrected chi connectivity index (χ2v) is 3.90. The van der Waals surface area contributed by atoms with Gasteiger partial charge in [-0.3, -0.25) is 4.79 Å². The first-order valence-corrected chi connectivity index (χ1v) is 5.37. The molecule has 84 valence electrons. The molecule has 0 aliphatic heterocycles. The van der Waals surface area contributed by atoms with E-state index in [4.69, 9.17) is 16.9 Å². The highest BCUT2D eigenvalue weighted by molar-refractivity contribution is 6.31. The largest absolute Gasteiger partial charge is 0.344 e. The average Bonchev–Trinajstić information content (AvgIpc) is 2.28. The normalized spacial score (nSPS) is 9.56. The number of carbonyl (C=O) groups is 1. The fourth-order valence-electron chi connectivity index (χ4n) is 1.28. The lowest BCUT2D eigenvalue weighted by Crippen LogP contribution is -2.29. The van der Waals surface area contributed by atoms with Crippen LogP contribution in [0.3, 0.4) is 0 Å². The zero-order valence-electron chi connectivity index (χ0n) is 9.11. The highest BCUT2D eigenvalue weighted by atomic mass is 35.5. The van der Waals surface area contributed by atoms with Gasteiger partial charge in [-0.1, -0.05) is 29.8 Å². The monoisotopic (exact) mass is 236 g/mol. The van der Waals surface area contributed by atoms with E-state index in [1.165, 1.54) is 0 Å². The smallest absolute Gasteiger partial charge is 0.226 e. The van der Waals surface area contributed by atoms with Crippen molar-refractivity contribution in [3.05, 3.63) is 34.9 Å². The molecule has 0 atom stereocenters. The van der Waals surface area contributed by atoms with Gasteiger partial charge in [-0.05, 0) is 11.6 Å². The fraction of sp³-hybridized carbons (Fsp3) is 0.333. The maximum atomic E-state index is 11.7. The van der Waals surface area contributed by atoms with Crippen LogP contribution in [0.25, 0.3) is 0 Å². The Morgan fingerprint density at radius 3 is 2.81 bits per heavy atom. The molecular formula is C12H13ClN2O. The van der Waals surface area contributed by atoms with Crippen LogP contribution in [0.2, 0.25) is 5.02 Å². The highest BCUT2D eigenvalue weighted by Crippen LogP contribution is 2.15. The van der Waals surface area contributed by atoms with Crippen LogP contribution in [0.5, 0.6) is 0 Å². The number of halogens is 1. The van der Waals surface area contributed by atoms with Gasteiger partial charge in [-0.15, -0.1) is 0 Å². The quantitative estimate of drug-likeness (QED) is 0.805. The molecule has 0 aliphatic carbocycles. The van der Waals surface area contributed by atoms with Crippen LogP contribution in [0.1, 0.15) is 12.0 Å². The van der Waals surface area contributed by atoms with Crippen molar-refractivity contribution < 1.29 is 4.79 Å². The van der Waals surface area contributed by atoms with Crippen molar-refractivity contribution in [1.82, 2.24) is 4.90 Å². The third-order valence-electron chi connectivity index (χ3n) is 2.28. The SMILES string of the molecule is CN(CCC#N)C(=O)Cc1ccccc1Cl. The molecule has 0 fully saturated rings. The molecule has 1 rings (SSSR count). The Bertz CT molecular complexity index is 412. The molecule has 1 aromatic rings. The third-order valence-corrected chi connectivity index (χ3v) is 2.65. The van der Waals surface area contributed by atoms with Crippen LogP contribution in [0, 0.1) is 11.3 Å². The molecule has 0 radical (unpaired) electrons. The number of nitriles is 1. The van der Waals surface area contributed by atoms with E-state index in [-0.39, 0.29) is 12.3 Å². The Kier molecular flexibility index (Phi) is 4.81. The first-order chi connectivity index (χ1) is 7.65. The van der Waals surface area contributed by atoms with Crippen molar-refractivity contribution in [1.29, 1.82) is 5.26 Å². The van der Waals surface area contributed by atoms with Crippen LogP contribution >= 0.6 is 11.6 Å². The summed E-state index contributed by atoms with van der Waals surface area (Å²) in [5.74, 6) is -0.0247. The molecule has 0 spiro atoms. The van der Waals surface area contributed by atoms with Crippen molar-refractivity contribution in [3.8, 4) is 6.07 Å². The van der Waals surface area contributed by atoms with Crippen LogP contribution in [0.15, 0.2) is 24.3 Å². The van der Waals surface area contributed by atoms with Gasteiger partial charge in [0.25, 0.3) is 0 Å². The van der Waals surface area contributed by atoms with Gasteiger partial charge < -0.3 is 4.90 Å². The van der Waals surface area contributed by atoms with E-state index in [1.54, 1.807) is 18.0 Å². The topological polar surface area (TPSA) is 44.1 Å². The summed E-state index contributed by atoms with van der Waals surface area (Å²) in [6.07, 6.45) is 0.631. The van der Waals surface area contributed by atoms with E-state index in [2.05, 4.69) is 0 Å². The molecule has 0 unspecified atom stereocenters. The molecule has 0 bridgehead atoms. The lowest BCUT2D eigenvalue weighted by molar-refractivity contribution is -0.129. The van der Waals surface area contributed by atoms with Crippen molar-refractivity contribution in [2.45, 2.75) is 12.8 Å². The molecular weight excluding hydrogens is 224 g/mol. The fourth-order valence-corrected chi connectivity index (χ4v) is 1.48. The zero-order chi connectivity index (χ0) is 12.0. The number of rotatable bonds is 4. The van der Waals surface area contributed by atoms with E-state index in [9.17, 15) is 4.79 Å². The molecule has 16 heavy (non-hydrogen) atoms. The summed E-state index contributed by atoms with van der Waals surface area (Å²) in [5.41, 5.74) is 0.818. The first kappa shape index (κ1) is 12.5. The molecule has 4 heteroatoms. The number of likely N-dealkylation sites (N-methyl/N-ethyl adjacent to an activating group) is 1. The van der Waals surface area contributed by atoms with Gasteiger partial charge in [0.1, 0.15) is 0 Å². The summed E-state index contributed by atoms with van der Waals surface area (Å²) < 4.78 is 0. The first-order valence-electron chi connectivity index (χ1n) is 4.99. The number of carbonyl (C=O) groups excluding carboxylic acids is 1. The van der Waals surface area contributed by atoms with E-state index in [1.807, 2.05) is 24.3 Å². The van der Waals surface area contributed by atoms with Crippen LogP contribution in [-0.4, -0.2) is 24.4 Å². The number of hydrogen-bond acceptors (Lipinski definition) is 2. The maximum Gasteiger partial charge on any atom is 0.226 e. The van der Waals surface area contributed by atoms with Gasteiger partial charge in [0.05, 0.1) is 18.9 Å². The predicted molar refractivity (Wildman–Crippen MR) is 63.0 cm³/mol. The van der Waals surface area contributed by atoms with Crippen LogP contribution in [0.4, 0.5) is 0 Å². The Hall–Kier alpha value is -1.53. The minimum atomic E-state index is -0.0247. The molecule has 0 saturated heterocycles. The summed E-state index contributed by atoms with van der Waals surface area (Å²) >= 11 is 5.95. The van der Waals surface area contributed by atoms with Crippen molar-refractivity contribution in [2.24, 2.45) is 0 Å². The molecule has 0 N–H and O–H groups in total. The van der Waals surface area contributed by atoms with Gasteiger partial charge in [0.15, 0.2) is 0 Å². The second-order valence-electron chi connectivity index (χ2n) is 3.49. The molecule has 1 amide bonds. The molecule has 0 aliphatic rings. The van der Waals surface area contributed by atoms with Gasteiger partial charge in [0.2, 0.25) is 5.91 Å². The minimum Gasteiger partial charge on any atom is -0.344 e. The lowest BCUT2D eigenvalue weighted by atomic mass is 10.1. The van der Waals surface area contributed by atoms with Crippen molar-refractivity contribution >= 4 is 17.5 Å². The minimum absolute atomic E-state index is 0.0247. The lowest BCUT2D eigenvalue weighted by Gasteiger charge is -2.15. The highest BCUT2D eigenvalue weighted by Gasteiger charge is 2.10. The summed E-state index contributed by atoms with van der Waals surface area (Å²) in [7, 11) is 1.69. The Balaban J connectivity index is 2.58. The van der Waals surface area contributed by atoms with Gasteiger partial charge >= 0.3 is 0 Å². The third kappa shape index (κ3) is 3.56. The van der Waals surface area contributed by atoms with Gasteiger partial charge in [-0.2, -0.15) is 5.26 Å². The summed E-state index contributed by atoms with van der Waals surface area (Å²) in [6.45, 7) is 0.458. The molecule has 3 nitrogen and oxygen atoms in total. The average molecular weight is 237 g/mol. The van der Waals surface area contributed by atoms with Crippen molar-refractivity contribution in [2.75, 3.05) is 13.6 Å². The van der Waals surface area contributed by atoms with Crippen LogP contribution < -0.4 is 0 Å². The van der Waals surface area contributed by atoms with E-state index >= 15 is 0 Å². The molecule has 0 heterocycles. The Morgan fingerprint density at radius 2 is 2.19 bits per heavy atom. The number of hydrogen-bond donors (Lipinski definition) is 0. The van der Waals surface area contributed by atoms with Crippen molar-refractivity contribution in [3.63, 3.8) is 0 Å². The molecule has 1 aromatic carbocycles. The second kappa shape index (κ2) is 6.14. The van der Waals surface area contributed by atoms with E-state index in [0.717, 1.165) is 5.56 Å². The van der Waals surface area contributed by atoms with E-state index < -0.39 is 0 Å². The number of nitrogens with zero attached hydrogens (tertiary/aromatic N) is 2.